The first-order chi connectivity index (χ1) is 8.41. The summed E-state index contributed by atoms with van der Waals surface area (Å²) in [5.74, 6) is 0.405. The van der Waals surface area contributed by atoms with Crippen LogP contribution in [0.25, 0.3) is 0 Å². The van der Waals surface area contributed by atoms with E-state index in [1.165, 1.54) is 4.31 Å². The van der Waals surface area contributed by atoms with Gasteiger partial charge in [-0.05, 0) is 37.0 Å². The van der Waals surface area contributed by atoms with Gasteiger partial charge >= 0.3 is 0 Å². The number of hydrogen-bond donors (Lipinski definition) is 0. The fraction of sp³-hybridized carbons (Fsp3) is 0.500. The number of nitrogens with zero attached hydrogens (tertiary/aromatic N) is 1. The summed E-state index contributed by atoms with van der Waals surface area (Å²) in [6, 6.07) is 4.87. The molecule has 1 fully saturated rings. The van der Waals surface area contributed by atoms with Gasteiger partial charge in [0.05, 0.1) is 5.02 Å². The maximum atomic E-state index is 12.5. The van der Waals surface area contributed by atoms with Crippen molar-refractivity contribution in [1.82, 2.24) is 4.31 Å². The molecule has 1 aliphatic rings. The molecule has 0 spiro atoms. The Balaban J connectivity index is 2.35. The van der Waals surface area contributed by atoms with Crippen molar-refractivity contribution in [2.45, 2.75) is 24.7 Å². The van der Waals surface area contributed by atoms with Crippen LogP contribution in [-0.2, 0) is 10.0 Å². The zero-order valence-corrected chi connectivity index (χ0v) is 13.2. The van der Waals surface area contributed by atoms with E-state index in [0.29, 0.717) is 19.0 Å². The molecule has 0 N–H and O–H groups in total. The summed E-state index contributed by atoms with van der Waals surface area (Å²) in [7, 11) is -3.46. The molecule has 1 aromatic rings. The van der Waals surface area contributed by atoms with Crippen molar-refractivity contribution >= 4 is 37.6 Å². The number of benzene rings is 1. The molecule has 0 amide bonds. The number of sulfonamides is 1. The number of piperidine rings is 1. The van der Waals surface area contributed by atoms with Gasteiger partial charge in [0.1, 0.15) is 4.90 Å². The Bertz CT molecular complexity index is 547. The maximum absolute atomic E-state index is 12.5. The standard InChI is InChI=1S/C12H15BrClNO2S/c1-9-3-2-6-15(8-9)18(16,17)12-5-4-10(13)7-11(12)14/h4-5,7,9H,2-3,6,8H2,1H3/t9-/m0/s1. The molecular weight excluding hydrogens is 338 g/mol. The summed E-state index contributed by atoms with van der Waals surface area (Å²) in [6.45, 7) is 3.23. The minimum atomic E-state index is -3.46. The van der Waals surface area contributed by atoms with E-state index < -0.39 is 10.0 Å². The predicted octanol–water partition coefficient (Wildman–Crippen LogP) is 3.52. The molecule has 100 valence electrons. The van der Waals surface area contributed by atoms with Gasteiger partial charge in [-0.3, -0.25) is 0 Å². The van der Waals surface area contributed by atoms with E-state index >= 15 is 0 Å². The summed E-state index contributed by atoms with van der Waals surface area (Å²) < 4.78 is 27.3. The molecule has 1 saturated heterocycles. The van der Waals surface area contributed by atoms with Crippen molar-refractivity contribution in [3.05, 3.63) is 27.7 Å². The lowest BCUT2D eigenvalue weighted by atomic mass is 10.0. The first-order valence-corrected chi connectivity index (χ1v) is 8.47. The van der Waals surface area contributed by atoms with E-state index in [4.69, 9.17) is 11.6 Å². The highest BCUT2D eigenvalue weighted by Gasteiger charge is 2.30. The zero-order chi connectivity index (χ0) is 13.3. The summed E-state index contributed by atoms with van der Waals surface area (Å²) in [5, 5.41) is 0.266. The van der Waals surface area contributed by atoms with Gasteiger partial charge in [0, 0.05) is 17.6 Å². The van der Waals surface area contributed by atoms with Crippen LogP contribution < -0.4 is 0 Å². The van der Waals surface area contributed by atoms with Crippen molar-refractivity contribution in [2.24, 2.45) is 5.92 Å². The molecule has 1 aliphatic heterocycles. The largest absolute Gasteiger partial charge is 0.244 e. The Kier molecular flexibility index (Phi) is 4.36. The second kappa shape index (κ2) is 5.49. The minimum Gasteiger partial charge on any atom is -0.207 e. The van der Waals surface area contributed by atoms with Crippen LogP contribution in [0.5, 0.6) is 0 Å². The predicted molar refractivity (Wildman–Crippen MR) is 76.3 cm³/mol. The molecule has 3 nitrogen and oxygen atoms in total. The summed E-state index contributed by atoms with van der Waals surface area (Å²) >= 11 is 9.31. The van der Waals surface area contributed by atoms with E-state index in [0.717, 1.165) is 17.3 Å². The zero-order valence-electron chi connectivity index (χ0n) is 10.1. The third-order valence-electron chi connectivity index (χ3n) is 3.13. The lowest BCUT2D eigenvalue weighted by Crippen LogP contribution is -2.39. The van der Waals surface area contributed by atoms with E-state index in [9.17, 15) is 8.42 Å². The molecule has 0 saturated carbocycles. The van der Waals surface area contributed by atoms with Crippen molar-refractivity contribution in [1.29, 1.82) is 0 Å². The van der Waals surface area contributed by atoms with Gasteiger partial charge in [-0.15, -0.1) is 0 Å². The lowest BCUT2D eigenvalue weighted by Gasteiger charge is -2.30. The third kappa shape index (κ3) is 2.90. The van der Waals surface area contributed by atoms with Crippen molar-refractivity contribution in [3.63, 3.8) is 0 Å². The van der Waals surface area contributed by atoms with Crippen LogP contribution in [0.2, 0.25) is 5.02 Å². The molecule has 0 unspecified atom stereocenters. The maximum Gasteiger partial charge on any atom is 0.244 e. The van der Waals surface area contributed by atoms with Gasteiger partial charge in [-0.1, -0.05) is 34.5 Å². The second-order valence-electron chi connectivity index (χ2n) is 4.69. The van der Waals surface area contributed by atoms with Crippen LogP contribution in [0.3, 0.4) is 0 Å². The molecule has 0 radical (unpaired) electrons. The lowest BCUT2D eigenvalue weighted by molar-refractivity contribution is 0.281. The Hall–Kier alpha value is -0.100. The summed E-state index contributed by atoms with van der Waals surface area (Å²) in [5.41, 5.74) is 0. The highest BCUT2D eigenvalue weighted by atomic mass is 79.9. The molecule has 0 aliphatic carbocycles. The first-order valence-electron chi connectivity index (χ1n) is 5.86. The van der Waals surface area contributed by atoms with Crippen molar-refractivity contribution < 1.29 is 8.42 Å². The smallest absolute Gasteiger partial charge is 0.207 e. The Morgan fingerprint density at radius 1 is 1.44 bits per heavy atom. The van der Waals surface area contributed by atoms with E-state index in [-0.39, 0.29) is 9.92 Å². The SMILES string of the molecule is C[C@H]1CCCN(S(=O)(=O)c2ccc(Br)cc2Cl)C1. The van der Waals surface area contributed by atoms with Crippen molar-refractivity contribution in [2.75, 3.05) is 13.1 Å². The summed E-state index contributed by atoms with van der Waals surface area (Å²) in [6.07, 6.45) is 1.99. The second-order valence-corrected chi connectivity index (χ2v) is 7.91. The van der Waals surface area contributed by atoms with E-state index in [1.54, 1.807) is 18.2 Å². The molecule has 2 rings (SSSR count). The number of hydrogen-bond acceptors (Lipinski definition) is 2. The van der Waals surface area contributed by atoms with Gasteiger partial charge in [0.25, 0.3) is 0 Å². The van der Waals surface area contributed by atoms with Crippen LogP contribution >= 0.6 is 27.5 Å². The minimum absolute atomic E-state index is 0.196. The van der Waals surface area contributed by atoms with Crippen LogP contribution in [0, 0.1) is 5.92 Å². The monoisotopic (exact) mass is 351 g/mol. The molecule has 6 heteroatoms. The van der Waals surface area contributed by atoms with Gasteiger partial charge < -0.3 is 0 Å². The van der Waals surface area contributed by atoms with E-state index in [2.05, 4.69) is 22.9 Å². The van der Waals surface area contributed by atoms with Crippen LogP contribution in [0.15, 0.2) is 27.6 Å². The molecule has 0 bridgehead atoms. The highest BCUT2D eigenvalue weighted by molar-refractivity contribution is 9.10. The molecule has 0 aromatic heterocycles. The topological polar surface area (TPSA) is 37.4 Å². The number of halogens is 2. The van der Waals surface area contributed by atoms with Gasteiger partial charge in [-0.25, -0.2) is 8.42 Å². The molecule has 1 aromatic carbocycles. The normalized spacial score (nSPS) is 22.1. The fourth-order valence-electron chi connectivity index (χ4n) is 2.19. The number of rotatable bonds is 2. The van der Waals surface area contributed by atoms with Crippen LogP contribution in [0.1, 0.15) is 19.8 Å². The van der Waals surface area contributed by atoms with E-state index in [1.807, 2.05) is 0 Å². The first kappa shape index (κ1) is 14.3. The van der Waals surface area contributed by atoms with Gasteiger partial charge in [0.2, 0.25) is 10.0 Å². The highest BCUT2D eigenvalue weighted by Crippen LogP contribution is 2.30. The Morgan fingerprint density at radius 2 is 2.17 bits per heavy atom. The molecule has 1 atom stereocenters. The van der Waals surface area contributed by atoms with Crippen LogP contribution in [0.4, 0.5) is 0 Å². The Morgan fingerprint density at radius 3 is 2.78 bits per heavy atom. The van der Waals surface area contributed by atoms with Crippen LogP contribution in [-0.4, -0.2) is 25.8 Å². The molecule has 1 heterocycles. The Labute approximate surface area is 121 Å². The molecular formula is C12H15BrClNO2S. The average Bonchev–Trinajstić information content (AvgIpc) is 2.28. The third-order valence-corrected chi connectivity index (χ3v) is 5.97. The fourth-order valence-corrected chi connectivity index (χ4v) is 4.80. The molecule has 18 heavy (non-hydrogen) atoms. The van der Waals surface area contributed by atoms with Gasteiger partial charge in [0.15, 0.2) is 0 Å². The van der Waals surface area contributed by atoms with Crippen molar-refractivity contribution in [3.8, 4) is 0 Å². The van der Waals surface area contributed by atoms with Gasteiger partial charge in [-0.2, -0.15) is 4.31 Å². The average molecular weight is 353 g/mol. The summed E-state index contributed by atoms with van der Waals surface area (Å²) in [4.78, 5) is 0.196. The quantitative estimate of drug-likeness (QED) is 0.816.